The Kier molecular flexibility index (Phi) is 4.33. The van der Waals surface area contributed by atoms with Gasteiger partial charge in [-0.15, -0.1) is 0 Å². The third-order valence-corrected chi connectivity index (χ3v) is 2.44. The lowest BCUT2D eigenvalue weighted by molar-refractivity contribution is -0.116. The Morgan fingerprint density at radius 3 is 2.25 bits per heavy atom. The zero-order chi connectivity index (χ0) is 12.3. The molecule has 0 aromatic heterocycles. The normalized spacial score (nSPS) is 10.6. The monoisotopic (exact) mass is 240 g/mol. The molecule has 1 rings (SSSR count). The first kappa shape index (κ1) is 13.0. The van der Waals surface area contributed by atoms with Crippen LogP contribution in [-0.2, 0) is 4.79 Å². The minimum Gasteiger partial charge on any atom is -0.324 e. The summed E-state index contributed by atoms with van der Waals surface area (Å²) in [5.41, 5.74) is 2.82. The minimum absolute atomic E-state index is 0.0153. The van der Waals surface area contributed by atoms with Crippen LogP contribution < -0.4 is 5.32 Å². The predicted molar refractivity (Wildman–Crippen MR) is 68.1 cm³/mol. The van der Waals surface area contributed by atoms with Gasteiger partial charge >= 0.3 is 0 Å². The van der Waals surface area contributed by atoms with Gasteiger partial charge in [0.1, 0.15) is 0 Å². The highest BCUT2D eigenvalue weighted by molar-refractivity contribution is 6.30. The highest BCUT2D eigenvalue weighted by atomic mass is 35.5. The molecule has 1 aromatic carbocycles. The number of hydrogen-bond acceptors (Lipinski definition) is 2. The fourth-order valence-electron chi connectivity index (χ4n) is 1.57. The van der Waals surface area contributed by atoms with Crippen LogP contribution in [-0.4, -0.2) is 31.4 Å². The van der Waals surface area contributed by atoms with E-state index in [0.29, 0.717) is 11.6 Å². The average Bonchev–Trinajstić information content (AvgIpc) is 2.09. The number of amides is 1. The van der Waals surface area contributed by atoms with Crippen LogP contribution in [0.2, 0.25) is 5.02 Å². The number of anilines is 1. The molecule has 0 aliphatic rings. The Morgan fingerprint density at radius 2 is 1.81 bits per heavy atom. The lowest BCUT2D eigenvalue weighted by Crippen LogP contribution is -2.27. The minimum atomic E-state index is -0.0153. The van der Waals surface area contributed by atoms with Gasteiger partial charge in [0.15, 0.2) is 0 Å². The van der Waals surface area contributed by atoms with E-state index < -0.39 is 0 Å². The van der Waals surface area contributed by atoms with Gasteiger partial charge in [0.05, 0.1) is 6.54 Å². The maximum atomic E-state index is 11.6. The fourth-order valence-corrected chi connectivity index (χ4v) is 1.90. The largest absolute Gasteiger partial charge is 0.324 e. The molecule has 0 bridgehead atoms. The highest BCUT2D eigenvalue weighted by Gasteiger charge is 2.09. The molecule has 1 amide bonds. The molecule has 1 aromatic rings. The lowest BCUT2D eigenvalue weighted by atomic mass is 10.1. The number of carbonyl (C=O) groups excluding carboxylic acids is 1. The van der Waals surface area contributed by atoms with Gasteiger partial charge in [-0.1, -0.05) is 11.6 Å². The summed E-state index contributed by atoms with van der Waals surface area (Å²) in [6.45, 7) is 4.25. The van der Waals surface area contributed by atoms with Crippen molar-refractivity contribution >= 4 is 23.2 Å². The third-order valence-electron chi connectivity index (χ3n) is 2.22. The van der Waals surface area contributed by atoms with Gasteiger partial charge in [0.25, 0.3) is 0 Å². The van der Waals surface area contributed by atoms with Crippen LogP contribution in [0.15, 0.2) is 12.1 Å². The molecule has 0 radical (unpaired) electrons. The molecule has 3 nitrogen and oxygen atoms in total. The number of nitrogens with zero attached hydrogens (tertiary/aromatic N) is 1. The summed E-state index contributed by atoms with van der Waals surface area (Å²) >= 11 is 5.92. The molecular formula is C12H17ClN2O. The van der Waals surface area contributed by atoms with Crippen molar-refractivity contribution in [1.29, 1.82) is 0 Å². The Bertz CT molecular complexity index is 379. The van der Waals surface area contributed by atoms with Crippen LogP contribution in [0, 0.1) is 13.8 Å². The molecule has 0 aliphatic heterocycles. The van der Waals surface area contributed by atoms with Crippen molar-refractivity contribution in [3.8, 4) is 0 Å². The lowest BCUT2D eigenvalue weighted by Gasteiger charge is -2.14. The summed E-state index contributed by atoms with van der Waals surface area (Å²) in [6, 6.07) is 3.69. The maximum Gasteiger partial charge on any atom is 0.238 e. The predicted octanol–water partition coefficient (Wildman–Crippen LogP) is 2.46. The second-order valence-electron chi connectivity index (χ2n) is 4.20. The molecule has 1 N–H and O–H groups in total. The number of carbonyl (C=O) groups is 1. The number of nitrogens with one attached hydrogen (secondary N) is 1. The van der Waals surface area contributed by atoms with Crippen molar-refractivity contribution in [2.24, 2.45) is 0 Å². The molecule has 0 saturated heterocycles. The number of rotatable bonds is 3. The van der Waals surface area contributed by atoms with E-state index in [1.54, 1.807) is 0 Å². The van der Waals surface area contributed by atoms with E-state index in [9.17, 15) is 4.79 Å². The molecule has 16 heavy (non-hydrogen) atoms. The van der Waals surface area contributed by atoms with Crippen LogP contribution in [0.3, 0.4) is 0 Å². The van der Waals surface area contributed by atoms with Crippen molar-refractivity contribution in [2.45, 2.75) is 13.8 Å². The van der Waals surface area contributed by atoms with E-state index in [1.807, 2.05) is 45.0 Å². The quantitative estimate of drug-likeness (QED) is 0.880. The molecular weight excluding hydrogens is 224 g/mol. The number of likely N-dealkylation sites (N-methyl/N-ethyl adjacent to an activating group) is 1. The van der Waals surface area contributed by atoms with Crippen LogP contribution >= 0.6 is 11.6 Å². The molecule has 0 atom stereocenters. The van der Waals surface area contributed by atoms with Gasteiger partial charge in [-0.2, -0.15) is 0 Å². The fraction of sp³-hybridized carbons (Fsp3) is 0.417. The van der Waals surface area contributed by atoms with Crippen molar-refractivity contribution in [1.82, 2.24) is 4.90 Å². The van der Waals surface area contributed by atoms with Gasteiger partial charge < -0.3 is 10.2 Å². The maximum absolute atomic E-state index is 11.6. The number of aryl methyl sites for hydroxylation is 2. The second kappa shape index (κ2) is 5.32. The SMILES string of the molecule is Cc1cc(Cl)cc(C)c1NC(=O)CN(C)C. The van der Waals surface area contributed by atoms with Crippen LogP contribution in [0.1, 0.15) is 11.1 Å². The molecule has 88 valence electrons. The van der Waals surface area contributed by atoms with Crippen molar-refractivity contribution in [2.75, 3.05) is 26.0 Å². The number of hydrogen-bond donors (Lipinski definition) is 1. The van der Waals surface area contributed by atoms with E-state index in [2.05, 4.69) is 5.32 Å². The first-order valence-corrected chi connectivity index (χ1v) is 5.49. The van der Waals surface area contributed by atoms with Crippen molar-refractivity contribution in [3.63, 3.8) is 0 Å². The summed E-state index contributed by atoms with van der Waals surface area (Å²) in [6.07, 6.45) is 0. The average molecular weight is 241 g/mol. The van der Waals surface area contributed by atoms with Crippen molar-refractivity contribution < 1.29 is 4.79 Å². The Morgan fingerprint density at radius 1 is 1.31 bits per heavy atom. The van der Waals surface area contributed by atoms with Crippen LogP contribution in [0.4, 0.5) is 5.69 Å². The van der Waals surface area contributed by atoms with Gasteiger partial charge in [0.2, 0.25) is 5.91 Å². The molecule has 4 heteroatoms. The highest BCUT2D eigenvalue weighted by Crippen LogP contribution is 2.24. The van der Waals surface area contributed by atoms with Gasteiger partial charge in [-0.3, -0.25) is 4.79 Å². The number of benzene rings is 1. The molecule has 0 spiro atoms. The molecule has 0 aliphatic carbocycles. The van der Waals surface area contributed by atoms with E-state index in [0.717, 1.165) is 16.8 Å². The summed E-state index contributed by atoms with van der Waals surface area (Å²) in [5.74, 6) is -0.0153. The summed E-state index contributed by atoms with van der Waals surface area (Å²) in [5, 5.41) is 3.59. The molecule has 0 heterocycles. The Balaban J connectivity index is 2.85. The van der Waals surface area contributed by atoms with E-state index in [-0.39, 0.29) is 5.91 Å². The molecule has 0 saturated carbocycles. The Labute approximate surface area is 101 Å². The Hall–Kier alpha value is -1.06. The molecule has 0 unspecified atom stereocenters. The summed E-state index contributed by atoms with van der Waals surface area (Å²) in [7, 11) is 3.72. The zero-order valence-electron chi connectivity index (χ0n) is 10.1. The van der Waals surface area contributed by atoms with E-state index in [4.69, 9.17) is 11.6 Å². The van der Waals surface area contributed by atoms with Gasteiger partial charge in [0, 0.05) is 10.7 Å². The third kappa shape index (κ3) is 3.51. The van der Waals surface area contributed by atoms with E-state index in [1.165, 1.54) is 0 Å². The summed E-state index contributed by atoms with van der Waals surface area (Å²) < 4.78 is 0. The topological polar surface area (TPSA) is 32.3 Å². The first-order valence-electron chi connectivity index (χ1n) is 5.11. The standard InChI is InChI=1S/C12H17ClN2O/c1-8-5-10(13)6-9(2)12(8)14-11(16)7-15(3)4/h5-6H,7H2,1-4H3,(H,14,16). The summed E-state index contributed by atoms with van der Waals surface area (Å²) in [4.78, 5) is 13.5. The van der Waals surface area contributed by atoms with E-state index >= 15 is 0 Å². The first-order chi connectivity index (χ1) is 7.40. The van der Waals surface area contributed by atoms with Gasteiger partial charge in [-0.25, -0.2) is 0 Å². The molecule has 0 fully saturated rings. The smallest absolute Gasteiger partial charge is 0.238 e. The number of halogens is 1. The van der Waals surface area contributed by atoms with Crippen LogP contribution in [0.25, 0.3) is 0 Å². The van der Waals surface area contributed by atoms with Gasteiger partial charge in [-0.05, 0) is 51.2 Å². The van der Waals surface area contributed by atoms with Crippen molar-refractivity contribution in [3.05, 3.63) is 28.3 Å². The zero-order valence-corrected chi connectivity index (χ0v) is 10.9. The van der Waals surface area contributed by atoms with Crippen LogP contribution in [0.5, 0.6) is 0 Å². The second-order valence-corrected chi connectivity index (χ2v) is 4.64.